The molecule has 0 amide bonds. The van der Waals surface area contributed by atoms with E-state index in [0.29, 0.717) is 13.1 Å². The van der Waals surface area contributed by atoms with Crippen LogP contribution in [-0.4, -0.2) is 46.6 Å². The highest BCUT2D eigenvalue weighted by Crippen LogP contribution is 2.22. The first-order chi connectivity index (χ1) is 6.08. The molecule has 1 aliphatic rings. The highest BCUT2D eigenvalue weighted by atomic mass is 16.5. The zero-order valence-electron chi connectivity index (χ0n) is 7.69. The minimum Gasteiger partial charge on any atom is -0.464 e. The van der Waals surface area contributed by atoms with E-state index in [4.69, 9.17) is 9.94 Å². The van der Waals surface area contributed by atoms with Crippen LogP contribution < -0.4 is 0 Å². The van der Waals surface area contributed by atoms with Gasteiger partial charge < -0.3 is 15.1 Å². The van der Waals surface area contributed by atoms with Crippen molar-refractivity contribution < 1.29 is 19.8 Å². The Kier molecular flexibility index (Phi) is 3.24. The van der Waals surface area contributed by atoms with E-state index in [9.17, 15) is 9.90 Å². The monoisotopic (exact) mass is 189 g/mol. The van der Waals surface area contributed by atoms with Gasteiger partial charge in [0.15, 0.2) is 5.60 Å². The number of rotatable bonds is 2. The van der Waals surface area contributed by atoms with Crippen LogP contribution >= 0.6 is 0 Å². The van der Waals surface area contributed by atoms with Crippen molar-refractivity contribution in [1.82, 2.24) is 5.06 Å². The molecule has 0 unspecified atom stereocenters. The summed E-state index contributed by atoms with van der Waals surface area (Å²) < 4.78 is 4.73. The molecule has 0 aromatic rings. The first-order valence-corrected chi connectivity index (χ1v) is 4.42. The van der Waals surface area contributed by atoms with Crippen molar-refractivity contribution in [3.8, 4) is 0 Å². The third-order valence-electron chi connectivity index (χ3n) is 2.22. The molecule has 0 spiro atoms. The molecule has 1 saturated heterocycles. The van der Waals surface area contributed by atoms with E-state index in [2.05, 4.69) is 0 Å². The summed E-state index contributed by atoms with van der Waals surface area (Å²) in [6.07, 6.45) is 0.449. The quantitative estimate of drug-likeness (QED) is 0.587. The third-order valence-corrected chi connectivity index (χ3v) is 2.22. The number of piperidine rings is 1. The Labute approximate surface area is 76.9 Å². The normalized spacial score (nSPS) is 22.7. The molecule has 0 atom stereocenters. The fourth-order valence-corrected chi connectivity index (χ4v) is 1.33. The van der Waals surface area contributed by atoms with E-state index in [1.165, 1.54) is 0 Å². The second-order valence-electron chi connectivity index (χ2n) is 3.21. The maximum absolute atomic E-state index is 11.3. The molecule has 0 saturated carbocycles. The van der Waals surface area contributed by atoms with Crippen LogP contribution in [0.5, 0.6) is 0 Å². The van der Waals surface area contributed by atoms with E-state index in [1.54, 1.807) is 6.92 Å². The summed E-state index contributed by atoms with van der Waals surface area (Å²) in [4.78, 5) is 11.3. The Balaban J connectivity index is 2.51. The number of hydroxylamine groups is 2. The lowest BCUT2D eigenvalue weighted by Gasteiger charge is -2.33. The van der Waals surface area contributed by atoms with E-state index in [0.717, 1.165) is 5.06 Å². The standard InChI is InChI=1S/C8H15NO4/c1-2-13-7(10)8(11)3-5-9(12)6-4-8/h11-12H,2-6H2,1H3. The van der Waals surface area contributed by atoms with Gasteiger partial charge in [-0.3, -0.25) is 0 Å². The number of nitrogens with zero attached hydrogens (tertiary/aromatic N) is 1. The smallest absolute Gasteiger partial charge is 0.338 e. The number of ether oxygens (including phenoxy) is 1. The second kappa shape index (κ2) is 4.04. The Morgan fingerprint density at radius 1 is 1.54 bits per heavy atom. The van der Waals surface area contributed by atoms with Crippen molar-refractivity contribution in [2.45, 2.75) is 25.4 Å². The molecule has 0 bridgehead atoms. The van der Waals surface area contributed by atoms with Crippen molar-refractivity contribution in [3.05, 3.63) is 0 Å². The van der Waals surface area contributed by atoms with Gasteiger partial charge in [0.1, 0.15) is 0 Å². The van der Waals surface area contributed by atoms with Crippen molar-refractivity contribution in [3.63, 3.8) is 0 Å². The number of hydrogen-bond acceptors (Lipinski definition) is 5. The van der Waals surface area contributed by atoms with Gasteiger partial charge in [-0.2, -0.15) is 5.06 Å². The van der Waals surface area contributed by atoms with Crippen LogP contribution in [0.2, 0.25) is 0 Å². The molecule has 1 heterocycles. The predicted octanol–water partition coefficient (Wildman–Crippen LogP) is -0.234. The number of aliphatic hydroxyl groups is 1. The zero-order chi connectivity index (χ0) is 9.90. The largest absolute Gasteiger partial charge is 0.464 e. The predicted molar refractivity (Wildman–Crippen MR) is 44.2 cm³/mol. The highest BCUT2D eigenvalue weighted by molar-refractivity contribution is 5.79. The summed E-state index contributed by atoms with van der Waals surface area (Å²) in [5.74, 6) is -0.580. The van der Waals surface area contributed by atoms with Crippen molar-refractivity contribution >= 4 is 5.97 Å². The molecule has 1 aliphatic heterocycles. The van der Waals surface area contributed by atoms with Crippen LogP contribution in [0.1, 0.15) is 19.8 Å². The second-order valence-corrected chi connectivity index (χ2v) is 3.21. The summed E-state index contributed by atoms with van der Waals surface area (Å²) in [6, 6.07) is 0. The minimum atomic E-state index is -1.39. The van der Waals surface area contributed by atoms with Gasteiger partial charge in [-0.05, 0) is 6.92 Å². The topological polar surface area (TPSA) is 70.0 Å². The summed E-state index contributed by atoms with van der Waals surface area (Å²) in [5, 5.41) is 19.9. The number of carbonyl (C=O) groups excluding carboxylic acids is 1. The molecule has 5 nitrogen and oxygen atoms in total. The molecule has 1 rings (SSSR count). The zero-order valence-corrected chi connectivity index (χ0v) is 7.69. The van der Waals surface area contributed by atoms with Gasteiger partial charge in [-0.1, -0.05) is 0 Å². The van der Waals surface area contributed by atoms with Crippen LogP contribution in [0, 0.1) is 0 Å². The van der Waals surface area contributed by atoms with Crippen molar-refractivity contribution in [1.29, 1.82) is 0 Å². The van der Waals surface area contributed by atoms with Gasteiger partial charge in [-0.25, -0.2) is 4.79 Å². The summed E-state index contributed by atoms with van der Waals surface area (Å²) in [5.41, 5.74) is -1.39. The Hall–Kier alpha value is -0.650. The first kappa shape index (κ1) is 10.4. The highest BCUT2D eigenvalue weighted by Gasteiger charge is 2.40. The lowest BCUT2D eigenvalue weighted by Crippen LogP contribution is -2.49. The van der Waals surface area contributed by atoms with Crippen molar-refractivity contribution in [2.24, 2.45) is 0 Å². The maximum atomic E-state index is 11.3. The molecule has 0 aliphatic carbocycles. The van der Waals surface area contributed by atoms with Gasteiger partial charge in [0, 0.05) is 25.9 Å². The summed E-state index contributed by atoms with van der Waals surface area (Å²) >= 11 is 0. The van der Waals surface area contributed by atoms with Crippen LogP contribution in [-0.2, 0) is 9.53 Å². The molecule has 2 N–H and O–H groups in total. The summed E-state index contributed by atoms with van der Waals surface area (Å²) in [7, 11) is 0. The Morgan fingerprint density at radius 3 is 2.54 bits per heavy atom. The van der Waals surface area contributed by atoms with E-state index >= 15 is 0 Å². The van der Waals surface area contributed by atoms with Crippen molar-refractivity contribution in [2.75, 3.05) is 19.7 Å². The van der Waals surface area contributed by atoms with Gasteiger partial charge in [0.25, 0.3) is 0 Å². The maximum Gasteiger partial charge on any atom is 0.338 e. The molecule has 76 valence electrons. The van der Waals surface area contributed by atoms with E-state index < -0.39 is 11.6 Å². The van der Waals surface area contributed by atoms with Crippen LogP contribution in [0.15, 0.2) is 0 Å². The average Bonchev–Trinajstić information content (AvgIpc) is 2.11. The van der Waals surface area contributed by atoms with Gasteiger partial charge in [-0.15, -0.1) is 0 Å². The summed E-state index contributed by atoms with van der Waals surface area (Å²) in [6.45, 7) is 2.57. The first-order valence-electron chi connectivity index (χ1n) is 4.42. The Bertz CT molecular complexity index is 187. The number of carbonyl (C=O) groups is 1. The molecular weight excluding hydrogens is 174 g/mol. The molecular formula is C8H15NO4. The fourth-order valence-electron chi connectivity index (χ4n) is 1.33. The van der Waals surface area contributed by atoms with Crippen LogP contribution in [0.3, 0.4) is 0 Å². The fraction of sp³-hybridized carbons (Fsp3) is 0.875. The number of hydrogen-bond donors (Lipinski definition) is 2. The van der Waals surface area contributed by atoms with Gasteiger partial charge in [0.2, 0.25) is 0 Å². The molecule has 5 heteroatoms. The third kappa shape index (κ3) is 2.40. The SMILES string of the molecule is CCOC(=O)C1(O)CCN(O)CC1. The molecule has 1 fully saturated rings. The van der Waals surface area contributed by atoms with Crippen LogP contribution in [0.25, 0.3) is 0 Å². The molecule has 0 aromatic carbocycles. The minimum absolute atomic E-state index is 0.225. The van der Waals surface area contributed by atoms with Crippen LogP contribution in [0.4, 0.5) is 0 Å². The van der Waals surface area contributed by atoms with Gasteiger partial charge in [0.05, 0.1) is 6.61 Å². The lowest BCUT2D eigenvalue weighted by atomic mass is 9.92. The van der Waals surface area contributed by atoms with E-state index in [1.807, 2.05) is 0 Å². The lowest BCUT2D eigenvalue weighted by molar-refractivity contribution is -0.184. The van der Waals surface area contributed by atoms with E-state index in [-0.39, 0.29) is 19.4 Å². The molecule has 13 heavy (non-hydrogen) atoms. The average molecular weight is 189 g/mol. The molecule has 0 aromatic heterocycles. The molecule has 0 radical (unpaired) electrons. The number of esters is 1. The van der Waals surface area contributed by atoms with Gasteiger partial charge >= 0.3 is 5.97 Å². The Morgan fingerprint density at radius 2 is 2.08 bits per heavy atom.